The summed E-state index contributed by atoms with van der Waals surface area (Å²) in [7, 11) is 0. The fourth-order valence-corrected chi connectivity index (χ4v) is 4.47. The van der Waals surface area contributed by atoms with Gasteiger partial charge in [0.05, 0.1) is 6.54 Å². The van der Waals surface area contributed by atoms with Gasteiger partial charge in [-0.1, -0.05) is 0 Å². The molecular formula is C26H42N8O13S3. The van der Waals surface area contributed by atoms with Gasteiger partial charge >= 0.3 is 17.9 Å². The van der Waals surface area contributed by atoms with Crippen molar-refractivity contribution in [2.45, 2.75) is 74.8 Å². The molecule has 0 aliphatic heterocycles. The summed E-state index contributed by atoms with van der Waals surface area (Å²) >= 11 is 11.9. The van der Waals surface area contributed by atoms with Crippen LogP contribution in [0.4, 0.5) is 0 Å². The van der Waals surface area contributed by atoms with Crippen LogP contribution < -0.4 is 43.4 Å². The number of nitrogens with two attached hydrogens (primary N) is 2. The zero-order valence-corrected chi connectivity index (χ0v) is 29.1. The average Bonchev–Trinajstić information content (AvgIpc) is 3.05. The highest BCUT2D eigenvalue weighted by Gasteiger charge is 2.29. The smallest absolute Gasteiger partial charge is 0.326 e. The van der Waals surface area contributed by atoms with Crippen LogP contribution in [0.1, 0.15) is 38.5 Å². The molecule has 0 aromatic carbocycles. The molecule has 0 aromatic rings. The molecule has 0 aliphatic rings. The first kappa shape index (κ1) is 45.7. The Kier molecular flexibility index (Phi) is 21.9. The molecule has 50 heavy (non-hydrogen) atoms. The lowest BCUT2D eigenvalue weighted by molar-refractivity contribution is -0.142. The molecule has 24 heteroatoms. The monoisotopic (exact) mass is 770 g/mol. The maximum atomic E-state index is 12.7. The summed E-state index contributed by atoms with van der Waals surface area (Å²) in [5.41, 5.74) is 10.3. The minimum Gasteiger partial charge on any atom is -0.480 e. The third-order valence-electron chi connectivity index (χ3n) is 6.49. The van der Waals surface area contributed by atoms with E-state index in [9.17, 15) is 58.2 Å². The van der Waals surface area contributed by atoms with Crippen molar-refractivity contribution >= 4 is 97.1 Å². The Labute approximate surface area is 301 Å². The number of thiol groups is 3. The van der Waals surface area contributed by atoms with Crippen molar-refractivity contribution in [1.82, 2.24) is 31.9 Å². The highest BCUT2D eigenvalue weighted by Crippen LogP contribution is 2.05. The van der Waals surface area contributed by atoms with Gasteiger partial charge in [0.15, 0.2) is 0 Å². The predicted octanol–water partition coefficient (Wildman–Crippen LogP) is -5.28. The Balaban J connectivity index is 5.12. The number of primary amides is 1. The van der Waals surface area contributed by atoms with E-state index in [1.807, 2.05) is 0 Å². The molecule has 7 amide bonds. The zero-order chi connectivity index (χ0) is 38.6. The van der Waals surface area contributed by atoms with Crippen LogP contribution in [0.15, 0.2) is 0 Å². The molecular weight excluding hydrogens is 729 g/mol. The lowest BCUT2D eigenvalue weighted by Gasteiger charge is -2.22. The molecule has 0 aromatic heterocycles. The molecule has 282 valence electrons. The molecule has 0 heterocycles. The average molecular weight is 771 g/mol. The van der Waals surface area contributed by atoms with E-state index in [0.29, 0.717) is 0 Å². The SMILES string of the molecule is NC(=O)CNC(=O)[C@H](CS)NC(=O)CC[C@H](NC(=O)[C@H](CS)NC(=O)CC[C@H](NC(=O)[C@H](CS)NC(=O)CC[C@H](N)C(=O)O)C(=O)O)C(=O)O. The lowest BCUT2D eigenvalue weighted by atomic mass is 10.1. The summed E-state index contributed by atoms with van der Waals surface area (Å²) in [4.78, 5) is 119. The summed E-state index contributed by atoms with van der Waals surface area (Å²) in [6.07, 6.45) is -2.49. The van der Waals surface area contributed by atoms with Crippen molar-refractivity contribution in [1.29, 1.82) is 0 Å². The maximum Gasteiger partial charge on any atom is 0.326 e. The Hall–Kier alpha value is -4.29. The van der Waals surface area contributed by atoms with Crippen LogP contribution in [-0.4, -0.2) is 135 Å². The standard InChI is InChI=1S/C26H42N8O13S3/c27-11(24(42)43)1-4-18(36)31-15(9-49)22(40)33-13(26(46)47)3-6-20(38)32-16(10-50)23(41)34-12(25(44)45)2-5-19(37)30-14(8-48)21(39)29-7-17(28)35/h11-16,48-50H,1-10,27H2,(H2,28,35)(H,29,39)(H,30,37)(H,31,36)(H,32,38)(H,33,40)(H,34,41)(H,42,43)(H,44,45)(H,46,47)/t11-,12-,13-,14-,15-,16-/m0/s1. The number of hydrogen-bond donors (Lipinski definition) is 14. The molecule has 0 unspecified atom stereocenters. The van der Waals surface area contributed by atoms with Crippen molar-refractivity contribution in [3.05, 3.63) is 0 Å². The number of carbonyl (C=O) groups excluding carboxylic acids is 7. The minimum absolute atomic E-state index is 0.166. The molecule has 0 rings (SSSR count). The molecule has 13 N–H and O–H groups in total. The largest absolute Gasteiger partial charge is 0.480 e. The summed E-state index contributed by atoms with van der Waals surface area (Å²) < 4.78 is 0. The van der Waals surface area contributed by atoms with Gasteiger partial charge in [0.25, 0.3) is 0 Å². The number of aliphatic carboxylic acids is 3. The number of hydrogen-bond acceptors (Lipinski definition) is 14. The van der Waals surface area contributed by atoms with Crippen LogP contribution in [-0.2, 0) is 47.9 Å². The lowest BCUT2D eigenvalue weighted by Crippen LogP contribution is -2.54. The van der Waals surface area contributed by atoms with E-state index in [1.54, 1.807) is 0 Å². The minimum atomic E-state index is -1.63. The number of amides is 7. The summed E-state index contributed by atoms with van der Waals surface area (Å²) in [6.45, 7) is -0.486. The summed E-state index contributed by atoms with van der Waals surface area (Å²) in [5.74, 6) is -11.1. The quantitative estimate of drug-likeness (QED) is 0.0386. The summed E-state index contributed by atoms with van der Waals surface area (Å²) in [5, 5.41) is 41.2. The van der Waals surface area contributed by atoms with E-state index >= 15 is 0 Å². The number of rotatable bonds is 25. The van der Waals surface area contributed by atoms with Crippen LogP contribution in [0.2, 0.25) is 0 Å². The Bertz CT molecular complexity index is 1280. The van der Waals surface area contributed by atoms with Gasteiger partial charge in [0, 0.05) is 36.5 Å². The molecule has 0 fully saturated rings. The molecule has 0 aliphatic carbocycles. The molecule has 6 atom stereocenters. The highest BCUT2D eigenvalue weighted by atomic mass is 32.1. The van der Waals surface area contributed by atoms with Gasteiger partial charge in [-0.15, -0.1) is 0 Å². The molecule has 0 spiro atoms. The fraction of sp³-hybridized carbons (Fsp3) is 0.615. The van der Waals surface area contributed by atoms with Gasteiger partial charge in [-0.2, -0.15) is 37.9 Å². The van der Waals surface area contributed by atoms with Crippen molar-refractivity contribution in [2.24, 2.45) is 11.5 Å². The maximum absolute atomic E-state index is 12.7. The third-order valence-corrected chi connectivity index (χ3v) is 7.58. The van der Waals surface area contributed by atoms with Crippen molar-refractivity contribution in [3.63, 3.8) is 0 Å². The van der Waals surface area contributed by atoms with Crippen molar-refractivity contribution < 1.29 is 63.3 Å². The van der Waals surface area contributed by atoms with Crippen molar-refractivity contribution in [3.8, 4) is 0 Å². The van der Waals surface area contributed by atoms with E-state index in [4.69, 9.17) is 16.6 Å². The number of carboxylic acids is 3. The highest BCUT2D eigenvalue weighted by molar-refractivity contribution is 7.80. The Morgan fingerprint density at radius 2 is 0.840 bits per heavy atom. The molecule has 0 saturated heterocycles. The first-order valence-corrected chi connectivity index (χ1v) is 16.6. The zero-order valence-electron chi connectivity index (χ0n) is 26.5. The van der Waals surface area contributed by atoms with Gasteiger partial charge < -0.3 is 58.7 Å². The fourth-order valence-electron chi connectivity index (χ4n) is 3.70. The van der Waals surface area contributed by atoms with E-state index < -0.39 is 128 Å². The van der Waals surface area contributed by atoms with Crippen LogP contribution in [0.25, 0.3) is 0 Å². The predicted molar refractivity (Wildman–Crippen MR) is 182 cm³/mol. The first-order chi connectivity index (χ1) is 23.4. The van der Waals surface area contributed by atoms with Crippen LogP contribution in [0, 0.1) is 0 Å². The molecule has 21 nitrogen and oxygen atoms in total. The third kappa shape index (κ3) is 18.5. The molecule has 0 bridgehead atoms. The van der Waals surface area contributed by atoms with E-state index in [0.717, 1.165) is 0 Å². The van der Waals surface area contributed by atoms with Gasteiger partial charge in [-0.3, -0.25) is 38.4 Å². The second-order valence-corrected chi connectivity index (χ2v) is 11.5. The van der Waals surface area contributed by atoms with E-state index in [2.05, 4.69) is 69.8 Å². The second-order valence-electron chi connectivity index (χ2n) is 10.5. The first-order valence-electron chi connectivity index (χ1n) is 14.7. The van der Waals surface area contributed by atoms with Gasteiger partial charge in [-0.25, -0.2) is 9.59 Å². The topological polar surface area (TPSA) is 356 Å². The van der Waals surface area contributed by atoms with Crippen LogP contribution >= 0.6 is 37.9 Å². The van der Waals surface area contributed by atoms with Gasteiger partial charge in [0.2, 0.25) is 41.4 Å². The Morgan fingerprint density at radius 1 is 0.500 bits per heavy atom. The Morgan fingerprint density at radius 3 is 1.14 bits per heavy atom. The number of carboxylic acid groups (broad SMARTS) is 3. The summed E-state index contributed by atoms with van der Waals surface area (Å²) in [6, 6.07) is -8.45. The molecule has 0 radical (unpaired) electrons. The van der Waals surface area contributed by atoms with Crippen LogP contribution in [0.5, 0.6) is 0 Å². The van der Waals surface area contributed by atoms with E-state index in [-0.39, 0.29) is 30.1 Å². The second kappa shape index (κ2) is 24.0. The van der Waals surface area contributed by atoms with Gasteiger partial charge in [-0.05, 0) is 19.3 Å². The van der Waals surface area contributed by atoms with Gasteiger partial charge in [0.1, 0.15) is 36.3 Å². The number of carbonyl (C=O) groups is 10. The van der Waals surface area contributed by atoms with E-state index in [1.165, 1.54) is 0 Å². The van der Waals surface area contributed by atoms with Crippen molar-refractivity contribution in [2.75, 3.05) is 23.8 Å². The number of nitrogens with one attached hydrogen (secondary N) is 6. The molecule has 0 saturated carbocycles. The van der Waals surface area contributed by atoms with Crippen LogP contribution in [0.3, 0.4) is 0 Å². The normalized spacial score (nSPS) is 14.2.